The number of rotatable bonds is 3. The van der Waals surface area contributed by atoms with Crippen LogP contribution in [0.25, 0.3) is 0 Å². The molecule has 20 heavy (non-hydrogen) atoms. The summed E-state index contributed by atoms with van der Waals surface area (Å²) in [4.78, 5) is 23.4. The second-order valence-corrected chi connectivity index (χ2v) is 5.43. The maximum Gasteiger partial charge on any atom is 0.250 e. The third-order valence-electron chi connectivity index (χ3n) is 3.87. The number of nitrogens with two attached hydrogens (primary N) is 1. The fourth-order valence-electron chi connectivity index (χ4n) is 2.61. The molecule has 1 aliphatic carbocycles. The number of nitrogens with one attached hydrogen (secondary N) is 1. The van der Waals surface area contributed by atoms with Crippen molar-refractivity contribution in [2.45, 2.75) is 38.6 Å². The summed E-state index contributed by atoms with van der Waals surface area (Å²) in [6, 6.07) is 1.67. The number of aryl methyl sites for hydroxylation is 2. The molecule has 1 aliphatic rings. The third-order valence-corrected chi connectivity index (χ3v) is 3.87. The van der Waals surface area contributed by atoms with Crippen LogP contribution >= 0.6 is 12.4 Å². The highest BCUT2D eigenvalue weighted by atomic mass is 35.5. The van der Waals surface area contributed by atoms with Gasteiger partial charge in [0.05, 0.1) is 5.69 Å². The van der Waals surface area contributed by atoms with Crippen LogP contribution in [-0.4, -0.2) is 16.5 Å². The predicted molar refractivity (Wildman–Crippen MR) is 82.2 cm³/mol. The van der Waals surface area contributed by atoms with Gasteiger partial charge in [0.1, 0.15) is 0 Å². The first-order chi connectivity index (χ1) is 8.97. The van der Waals surface area contributed by atoms with Crippen LogP contribution in [0, 0.1) is 12.8 Å². The van der Waals surface area contributed by atoms with Crippen molar-refractivity contribution in [3.8, 4) is 0 Å². The lowest BCUT2D eigenvalue weighted by Gasteiger charge is -2.15. The molecule has 0 spiro atoms. The highest BCUT2D eigenvalue weighted by Crippen LogP contribution is 2.27. The summed E-state index contributed by atoms with van der Waals surface area (Å²) in [5, 5.41) is 2.87. The summed E-state index contributed by atoms with van der Waals surface area (Å²) < 4.78 is 1.46. The van der Waals surface area contributed by atoms with Crippen LogP contribution in [0.1, 0.15) is 31.2 Å². The average molecular weight is 300 g/mol. The maximum absolute atomic E-state index is 12.0. The molecule has 5 nitrogen and oxygen atoms in total. The zero-order valence-electron chi connectivity index (χ0n) is 11.9. The van der Waals surface area contributed by atoms with Crippen molar-refractivity contribution in [1.82, 2.24) is 4.57 Å². The van der Waals surface area contributed by atoms with E-state index >= 15 is 0 Å². The van der Waals surface area contributed by atoms with E-state index in [4.69, 9.17) is 5.73 Å². The van der Waals surface area contributed by atoms with Gasteiger partial charge in [-0.05, 0) is 31.2 Å². The predicted octanol–water partition coefficient (Wildman–Crippen LogP) is 1.57. The molecule has 3 N–H and O–H groups in total. The van der Waals surface area contributed by atoms with Gasteiger partial charge in [-0.2, -0.15) is 0 Å². The topological polar surface area (TPSA) is 77.1 Å². The minimum atomic E-state index is -0.0756. The van der Waals surface area contributed by atoms with E-state index in [9.17, 15) is 9.59 Å². The molecule has 0 radical (unpaired) electrons. The Bertz CT molecular complexity index is 542. The molecule has 0 aromatic carbocycles. The Morgan fingerprint density at radius 3 is 2.80 bits per heavy atom. The molecule has 0 aliphatic heterocycles. The van der Waals surface area contributed by atoms with Crippen LogP contribution in [-0.2, 0) is 11.8 Å². The smallest absolute Gasteiger partial charge is 0.250 e. The maximum atomic E-state index is 12.0. The summed E-state index contributed by atoms with van der Waals surface area (Å²) in [5.74, 6) is 0.261. The minimum absolute atomic E-state index is 0. The number of carbonyl (C=O) groups is 1. The molecule has 1 heterocycles. The number of pyridine rings is 1. The number of anilines is 1. The number of hydrogen-bond acceptors (Lipinski definition) is 3. The Hall–Kier alpha value is -1.33. The van der Waals surface area contributed by atoms with E-state index < -0.39 is 0 Å². The lowest BCUT2D eigenvalue weighted by molar-refractivity contribution is -0.117. The molecule has 0 unspecified atom stereocenters. The molecule has 0 saturated heterocycles. The van der Waals surface area contributed by atoms with Crippen LogP contribution < -0.4 is 16.6 Å². The highest BCUT2D eigenvalue weighted by Gasteiger charge is 2.26. The quantitative estimate of drug-likeness (QED) is 0.889. The second-order valence-electron chi connectivity index (χ2n) is 5.43. The van der Waals surface area contributed by atoms with Crippen LogP contribution in [0.4, 0.5) is 5.69 Å². The number of halogens is 1. The fraction of sp³-hybridized carbons (Fsp3) is 0.571. The molecule has 2 atom stereocenters. The van der Waals surface area contributed by atoms with Gasteiger partial charge in [-0.25, -0.2) is 0 Å². The number of aromatic nitrogens is 1. The first-order valence-electron chi connectivity index (χ1n) is 6.70. The summed E-state index contributed by atoms with van der Waals surface area (Å²) in [5.41, 5.74) is 7.37. The minimum Gasteiger partial charge on any atom is -0.327 e. The van der Waals surface area contributed by atoms with Gasteiger partial charge in [-0.3, -0.25) is 9.59 Å². The zero-order valence-corrected chi connectivity index (χ0v) is 12.7. The average Bonchev–Trinajstić information content (AvgIpc) is 2.72. The van der Waals surface area contributed by atoms with Gasteiger partial charge in [0.2, 0.25) is 5.91 Å². The lowest BCUT2D eigenvalue weighted by Crippen LogP contribution is -2.28. The van der Waals surface area contributed by atoms with Gasteiger partial charge in [0.25, 0.3) is 5.56 Å². The van der Waals surface area contributed by atoms with Crippen molar-refractivity contribution >= 4 is 24.0 Å². The molecule has 0 bridgehead atoms. The Morgan fingerprint density at radius 1 is 1.50 bits per heavy atom. The molecule has 1 aromatic rings. The molecule has 2 rings (SSSR count). The van der Waals surface area contributed by atoms with Crippen molar-refractivity contribution in [2.75, 3.05) is 5.32 Å². The Balaban J connectivity index is 0.00000200. The van der Waals surface area contributed by atoms with Crippen molar-refractivity contribution in [1.29, 1.82) is 0 Å². The van der Waals surface area contributed by atoms with Crippen LogP contribution in [0.2, 0.25) is 0 Å². The molecular weight excluding hydrogens is 278 g/mol. The van der Waals surface area contributed by atoms with E-state index in [0.29, 0.717) is 12.1 Å². The summed E-state index contributed by atoms with van der Waals surface area (Å²) in [6.07, 6.45) is 5.27. The first-order valence-corrected chi connectivity index (χ1v) is 6.70. The highest BCUT2D eigenvalue weighted by molar-refractivity contribution is 5.91. The molecule has 1 amide bonds. The number of amides is 1. The Kier molecular flexibility index (Phi) is 5.77. The van der Waals surface area contributed by atoms with Crippen molar-refractivity contribution in [3.63, 3.8) is 0 Å². The normalized spacial score (nSPS) is 21.4. The summed E-state index contributed by atoms with van der Waals surface area (Å²) in [6.45, 7) is 1.82. The van der Waals surface area contributed by atoms with Gasteiger partial charge < -0.3 is 15.6 Å². The lowest BCUT2D eigenvalue weighted by atomic mass is 10.00. The molecule has 6 heteroatoms. The molecular formula is C14H22ClN3O2. The Morgan fingerprint density at radius 2 is 2.20 bits per heavy atom. The van der Waals surface area contributed by atoms with Gasteiger partial charge in [-0.15, -0.1) is 12.4 Å². The monoisotopic (exact) mass is 299 g/mol. The summed E-state index contributed by atoms with van der Waals surface area (Å²) >= 11 is 0. The van der Waals surface area contributed by atoms with Crippen molar-refractivity contribution in [3.05, 3.63) is 28.2 Å². The van der Waals surface area contributed by atoms with E-state index in [1.165, 1.54) is 10.6 Å². The van der Waals surface area contributed by atoms with E-state index in [1.807, 2.05) is 6.92 Å². The van der Waals surface area contributed by atoms with Crippen LogP contribution in [0.15, 0.2) is 17.1 Å². The molecule has 1 aromatic heterocycles. The molecule has 1 saturated carbocycles. The number of carbonyl (C=O) groups excluding carboxylic acids is 1. The Labute approximate surface area is 125 Å². The van der Waals surface area contributed by atoms with Crippen molar-refractivity contribution in [2.24, 2.45) is 18.7 Å². The molecule has 112 valence electrons. The van der Waals surface area contributed by atoms with Gasteiger partial charge >= 0.3 is 0 Å². The van der Waals surface area contributed by atoms with Crippen LogP contribution in [0.5, 0.6) is 0 Å². The largest absolute Gasteiger partial charge is 0.327 e. The van der Waals surface area contributed by atoms with E-state index in [0.717, 1.165) is 24.8 Å². The first kappa shape index (κ1) is 16.7. The van der Waals surface area contributed by atoms with E-state index in [2.05, 4.69) is 5.32 Å². The standard InChI is InChI=1S/C14H21N3O2.ClH/c1-9-6-14(19)17(2)8-12(9)16-13(18)7-10-4-3-5-11(10)15;/h6,8,10-11H,3-5,7,15H2,1-2H3,(H,16,18);1H/t10-,11+;/m0./s1. The molecule has 1 fully saturated rings. The van der Waals surface area contributed by atoms with Gasteiger partial charge in [0, 0.05) is 31.8 Å². The zero-order chi connectivity index (χ0) is 14.0. The number of hydrogen-bond donors (Lipinski definition) is 2. The van der Waals surface area contributed by atoms with Crippen molar-refractivity contribution < 1.29 is 4.79 Å². The fourth-order valence-corrected chi connectivity index (χ4v) is 2.61. The van der Waals surface area contributed by atoms with E-state index in [-0.39, 0.29) is 35.8 Å². The van der Waals surface area contributed by atoms with Crippen LogP contribution in [0.3, 0.4) is 0 Å². The number of nitrogens with zero attached hydrogens (tertiary/aromatic N) is 1. The third kappa shape index (κ3) is 3.84. The van der Waals surface area contributed by atoms with E-state index in [1.54, 1.807) is 13.2 Å². The van der Waals surface area contributed by atoms with Gasteiger partial charge in [-0.1, -0.05) is 6.42 Å². The SMILES string of the molecule is Cc1cc(=O)n(C)cc1NC(=O)C[C@@H]1CCC[C@H]1N.Cl. The van der Waals surface area contributed by atoms with Gasteiger partial charge in [0.15, 0.2) is 0 Å². The second kappa shape index (κ2) is 6.90. The summed E-state index contributed by atoms with van der Waals surface area (Å²) in [7, 11) is 1.67.